The average molecular weight is 248 g/mol. The highest BCUT2D eigenvalue weighted by Gasteiger charge is 2.21. The Balaban J connectivity index is 4.26. The summed E-state index contributed by atoms with van der Waals surface area (Å²) in [5.41, 5.74) is 0. The summed E-state index contributed by atoms with van der Waals surface area (Å²) in [6.45, 7) is 8.42. The first kappa shape index (κ1) is 15.8. The molecule has 0 aromatic rings. The van der Waals surface area contributed by atoms with Gasteiger partial charge < -0.3 is 5.32 Å². The van der Waals surface area contributed by atoms with Gasteiger partial charge in [-0.1, -0.05) is 40.5 Å². The molecule has 0 fully saturated rings. The van der Waals surface area contributed by atoms with E-state index in [2.05, 4.69) is 33.0 Å². The number of hydrogen-bond donors (Lipinski definition) is 1. The van der Waals surface area contributed by atoms with Crippen LogP contribution in [0.25, 0.3) is 0 Å². The van der Waals surface area contributed by atoms with Crippen molar-refractivity contribution in [2.45, 2.75) is 59.4 Å². The predicted molar refractivity (Wildman–Crippen MR) is 70.8 cm³/mol. The largest absolute Gasteiger partial charge is 0.352 e. The number of carbonyl (C=O) groups is 1. The maximum Gasteiger partial charge on any atom is 0.223 e. The molecule has 0 saturated heterocycles. The first-order chi connectivity index (χ1) is 7.56. The Morgan fingerprint density at radius 3 is 2.00 bits per heavy atom. The average Bonchev–Trinajstić information content (AvgIpc) is 2.24. The number of rotatable bonds is 8. The summed E-state index contributed by atoms with van der Waals surface area (Å²) in [6.07, 6.45) is 4.08. The van der Waals surface area contributed by atoms with E-state index < -0.39 is 0 Å². The van der Waals surface area contributed by atoms with Gasteiger partial charge >= 0.3 is 0 Å². The number of nitrogens with one attached hydrogen (secondary N) is 1. The van der Waals surface area contributed by atoms with E-state index in [4.69, 9.17) is 11.6 Å². The minimum absolute atomic E-state index is 0.102. The van der Waals surface area contributed by atoms with Gasteiger partial charge in [-0.25, -0.2) is 0 Å². The second kappa shape index (κ2) is 8.86. The summed E-state index contributed by atoms with van der Waals surface area (Å²) in [6, 6.07) is 0.102. The van der Waals surface area contributed by atoms with E-state index in [0.29, 0.717) is 11.8 Å². The second-order valence-electron chi connectivity index (χ2n) is 4.79. The zero-order valence-corrected chi connectivity index (χ0v) is 11.8. The Bertz CT molecular complexity index is 188. The van der Waals surface area contributed by atoms with Crippen molar-refractivity contribution in [3.8, 4) is 0 Å². The number of halogens is 1. The van der Waals surface area contributed by atoms with Crippen LogP contribution in [0, 0.1) is 11.8 Å². The molecule has 1 amide bonds. The molecule has 0 saturated carbocycles. The molecule has 0 aliphatic carbocycles. The molecule has 0 heterocycles. The third-order valence-corrected chi connectivity index (χ3v) is 3.28. The maximum atomic E-state index is 12.0. The minimum Gasteiger partial charge on any atom is -0.352 e. The van der Waals surface area contributed by atoms with Crippen molar-refractivity contribution in [2.24, 2.45) is 11.8 Å². The van der Waals surface area contributed by atoms with Gasteiger partial charge in [-0.15, -0.1) is 11.6 Å². The van der Waals surface area contributed by atoms with Gasteiger partial charge in [0.05, 0.1) is 0 Å². The molecular formula is C13H26ClNO. The number of carbonyl (C=O) groups excluding carboxylic acids is 1. The highest BCUT2D eigenvalue weighted by molar-refractivity contribution is 6.18. The minimum atomic E-state index is 0.102. The van der Waals surface area contributed by atoms with Crippen molar-refractivity contribution in [1.29, 1.82) is 0 Å². The van der Waals surface area contributed by atoms with Gasteiger partial charge in [0.25, 0.3) is 0 Å². The fourth-order valence-electron chi connectivity index (χ4n) is 1.79. The molecule has 2 nitrogen and oxygen atoms in total. The molecule has 1 N–H and O–H groups in total. The van der Waals surface area contributed by atoms with Crippen molar-refractivity contribution in [3.05, 3.63) is 0 Å². The van der Waals surface area contributed by atoms with Gasteiger partial charge in [0.1, 0.15) is 0 Å². The molecule has 0 aliphatic rings. The highest BCUT2D eigenvalue weighted by Crippen LogP contribution is 2.15. The standard InChI is InChI=1S/C13H26ClNO/c1-5-7-11(8-6-2)13(16)15-12(9-14)10(3)4/h10-12H,5-9H2,1-4H3,(H,15,16). The summed E-state index contributed by atoms with van der Waals surface area (Å²) in [7, 11) is 0. The number of alkyl halides is 1. The molecule has 16 heavy (non-hydrogen) atoms. The predicted octanol–water partition coefficient (Wildman–Crippen LogP) is 3.58. The van der Waals surface area contributed by atoms with Crippen molar-refractivity contribution in [1.82, 2.24) is 5.32 Å². The molecule has 0 rings (SSSR count). The van der Waals surface area contributed by atoms with E-state index in [1.807, 2.05) is 0 Å². The lowest BCUT2D eigenvalue weighted by Crippen LogP contribution is -2.43. The smallest absolute Gasteiger partial charge is 0.223 e. The van der Waals surface area contributed by atoms with E-state index in [1.165, 1.54) is 0 Å². The van der Waals surface area contributed by atoms with Crippen LogP contribution in [-0.4, -0.2) is 17.8 Å². The van der Waals surface area contributed by atoms with Crippen LogP contribution >= 0.6 is 11.6 Å². The lowest BCUT2D eigenvalue weighted by atomic mass is 9.96. The zero-order chi connectivity index (χ0) is 12.6. The third kappa shape index (κ3) is 5.74. The summed E-state index contributed by atoms with van der Waals surface area (Å²) >= 11 is 5.85. The summed E-state index contributed by atoms with van der Waals surface area (Å²) in [5.74, 6) is 1.24. The van der Waals surface area contributed by atoms with Crippen LogP contribution in [0.1, 0.15) is 53.4 Å². The van der Waals surface area contributed by atoms with E-state index in [1.54, 1.807) is 0 Å². The summed E-state index contributed by atoms with van der Waals surface area (Å²) in [5, 5.41) is 3.06. The monoisotopic (exact) mass is 247 g/mol. The first-order valence-corrected chi connectivity index (χ1v) is 6.96. The second-order valence-corrected chi connectivity index (χ2v) is 5.10. The van der Waals surface area contributed by atoms with Crippen molar-refractivity contribution in [3.63, 3.8) is 0 Å². The highest BCUT2D eigenvalue weighted by atomic mass is 35.5. The Labute approximate surface area is 105 Å². The van der Waals surface area contributed by atoms with Gasteiger partial charge in [0, 0.05) is 17.8 Å². The Morgan fingerprint density at radius 2 is 1.69 bits per heavy atom. The first-order valence-electron chi connectivity index (χ1n) is 6.43. The molecule has 0 bridgehead atoms. The molecular weight excluding hydrogens is 222 g/mol. The Morgan fingerprint density at radius 1 is 1.19 bits per heavy atom. The van der Waals surface area contributed by atoms with Gasteiger partial charge in [-0.3, -0.25) is 4.79 Å². The normalized spacial score (nSPS) is 13.2. The lowest BCUT2D eigenvalue weighted by molar-refractivity contribution is -0.126. The molecule has 1 atom stereocenters. The van der Waals surface area contributed by atoms with Gasteiger partial charge in [0.15, 0.2) is 0 Å². The third-order valence-electron chi connectivity index (χ3n) is 2.94. The van der Waals surface area contributed by atoms with Gasteiger partial charge in [-0.2, -0.15) is 0 Å². The van der Waals surface area contributed by atoms with E-state index in [9.17, 15) is 4.79 Å². The quantitative estimate of drug-likeness (QED) is 0.653. The van der Waals surface area contributed by atoms with Crippen LogP contribution in [-0.2, 0) is 4.79 Å². The van der Waals surface area contributed by atoms with Crippen LogP contribution in [0.15, 0.2) is 0 Å². The lowest BCUT2D eigenvalue weighted by Gasteiger charge is -2.23. The van der Waals surface area contributed by atoms with E-state index in [-0.39, 0.29) is 17.9 Å². The fourth-order valence-corrected chi connectivity index (χ4v) is 2.22. The molecule has 96 valence electrons. The van der Waals surface area contributed by atoms with Crippen molar-refractivity contribution in [2.75, 3.05) is 5.88 Å². The molecule has 0 spiro atoms. The number of amides is 1. The van der Waals surface area contributed by atoms with Gasteiger partial charge in [-0.05, 0) is 18.8 Å². The van der Waals surface area contributed by atoms with Crippen molar-refractivity contribution >= 4 is 17.5 Å². The fraction of sp³-hybridized carbons (Fsp3) is 0.923. The van der Waals surface area contributed by atoms with Crippen LogP contribution in [0.5, 0.6) is 0 Å². The molecule has 0 aromatic heterocycles. The number of hydrogen-bond acceptors (Lipinski definition) is 1. The summed E-state index contributed by atoms with van der Waals surface area (Å²) < 4.78 is 0. The topological polar surface area (TPSA) is 29.1 Å². The van der Waals surface area contributed by atoms with E-state index >= 15 is 0 Å². The molecule has 3 heteroatoms. The maximum absolute atomic E-state index is 12.0. The molecule has 0 aromatic carbocycles. The molecule has 0 aliphatic heterocycles. The van der Waals surface area contributed by atoms with Crippen molar-refractivity contribution < 1.29 is 4.79 Å². The molecule has 0 radical (unpaired) electrons. The zero-order valence-electron chi connectivity index (χ0n) is 11.1. The Hall–Kier alpha value is -0.240. The van der Waals surface area contributed by atoms with Gasteiger partial charge in [0.2, 0.25) is 5.91 Å². The van der Waals surface area contributed by atoms with Crippen LogP contribution in [0.2, 0.25) is 0 Å². The Kier molecular flexibility index (Phi) is 8.73. The van der Waals surface area contributed by atoms with E-state index in [0.717, 1.165) is 25.7 Å². The van der Waals surface area contributed by atoms with Crippen LogP contribution < -0.4 is 5.32 Å². The van der Waals surface area contributed by atoms with Crippen LogP contribution in [0.3, 0.4) is 0 Å². The summed E-state index contributed by atoms with van der Waals surface area (Å²) in [4.78, 5) is 12.0. The SMILES string of the molecule is CCCC(CCC)C(=O)NC(CCl)C(C)C. The molecule has 1 unspecified atom stereocenters. The van der Waals surface area contributed by atoms with Crippen LogP contribution in [0.4, 0.5) is 0 Å².